The number of rotatable bonds is 1. The molecule has 4 heteroatoms. The molecule has 1 heterocycles. The van der Waals surface area contributed by atoms with Crippen molar-refractivity contribution in [2.75, 3.05) is 7.11 Å². The van der Waals surface area contributed by atoms with Crippen LogP contribution in [0.2, 0.25) is 0 Å². The van der Waals surface area contributed by atoms with E-state index >= 15 is 0 Å². The fourth-order valence-corrected chi connectivity index (χ4v) is 2.76. The minimum Gasteiger partial charge on any atom is -0.497 e. The molecule has 4 nitrogen and oxygen atoms in total. The van der Waals surface area contributed by atoms with Gasteiger partial charge in [-0.3, -0.25) is 4.79 Å². The van der Waals surface area contributed by atoms with Crippen LogP contribution in [0.4, 0.5) is 0 Å². The van der Waals surface area contributed by atoms with Gasteiger partial charge < -0.3 is 14.8 Å². The molecular formula is C14H17NO3. The Morgan fingerprint density at radius 2 is 2.06 bits per heavy atom. The lowest BCUT2D eigenvalue weighted by molar-refractivity contribution is -0.00875. The molecule has 1 spiro atoms. The Labute approximate surface area is 106 Å². The van der Waals surface area contributed by atoms with E-state index < -0.39 is 5.72 Å². The Bertz CT molecular complexity index is 478. The minimum atomic E-state index is -0.491. The molecule has 3 rings (SSSR count). The van der Waals surface area contributed by atoms with Crippen LogP contribution in [-0.4, -0.2) is 18.7 Å². The monoisotopic (exact) mass is 247 g/mol. The molecule has 1 amide bonds. The molecule has 1 aromatic carbocycles. The van der Waals surface area contributed by atoms with Crippen LogP contribution in [0, 0.1) is 0 Å². The number of carbonyl (C=O) groups is 1. The summed E-state index contributed by atoms with van der Waals surface area (Å²) in [6, 6.07) is 5.32. The summed E-state index contributed by atoms with van der Waals surface area (Å²) >= 11 is 0. The van der Waals surface area contributed by atoms with Crippen molar-refractivity contribution in [2.24, 2.45) is 0 Å². The van der Waals surface area contributed by atoms with Crippen LogP contribution in [-0.2, 0) is 0 Å². The summed E-state index contributed by atoms with van der Waals surface area (Å²) in [6.45, 7) is 0. The molecule has 1 aliphatic heterocycles. The highest BCUT2D eigenvalue weighted by molar-refractivity contribution is 5.98. The van der Waals surface area contributed by atoms with E-state index in [0.717, 1.165) is 31.4 Å². The third kappa shape index (κ3) is 1.82. The maximum Gasteiger partial charge on any atom is 0.258 e. The standard InChI is InChI=1S/C14H17NO3/c1-17-10-5-6-11-12(9-10)18-14(15-13(11)16)7-3-2-4-8-14/h5-6,9H,2-4,7-8H2,1H3,(H,15,16). The minimum absolute atomic E-state index is 0.0409. The van der Waals surface area contributed by atoms with Crippen LogP contribution >= 0.6 is 0 Å². The van der Waals surface area contributed by atoms with E-state index in [-0.39, 0.29) is 5.91 Å². The smallest absolute Gasteiger partial charge is 0.258 e. The van der Waals surface area contributed by atoms with Gasteiger partial charge in [-0.1, -0.05) is 6.42 Å². The number of fused-ring (bicyclic) bond motifs is 1. The topological polar surface area (TPSA) is 47.6 Å². The number of hydrogen-bond donors (Lipinski definition) is 1. The van der Waals surface area contributed by atoms with E-state index in [9.17, 15) is 4.79 Å². The lowest BCUT2D eigenvalue weighted by atomic mass is 9.90. The second-order valence-corrected chi connectivity index (χ2v) is 4.97. The molecule has 1 aliphatic carbocycles. The van der Waals surface area contributed by atoms with Gasteiger partial charge in [0.15, 0.2) is 5.72 Å². The van der Waals surface area contributed by atoms with Crippen molar-refractivity contribution in [3.8, 4) is 11.5 Å². The highest BCUT2D eigenvalue weighted by Crippen LogP contribution is 2.37. The molecule has 0 radical (unpaired) electrons. The number of amides is 1. The van der Waals surface area contributed by atoms with Crippen molar-refractivity contribution >= 4 is 5.91 Å². The van der Waals surface area contributed by atoms with Gasteiger partial charge in [-0.2, -0.15) is 0 Å². The van der Waals surface area contributed by atoms with Gasteiger partial charge >= 0.3 is 0 Å². The molecule has 18 heavy (non-hydrogen) atoms. The summed E-state index contributed by atoms with van der Waals surface area (Å²) in [4.78, 5) is 12.1. The number of hydrogen-bond acceptors (Lipinski definition) is 3. The van der Waals surface area contributed by atoms with Crippen LogP contribution in [0.5, 0.6) is 11.5 Å². The second kappa shape index (κ2) is 4.19. The normalized spacial score (nSPS) is 20.8. The zero-order valence-electron chi connectivity index (χ0n) is 10.5. The van der Waals surface area contributed by atoms with Crippen molar-refractivity contribution in [2.45, 2.75) is 37.8 Å². The summed E-state index contributed by atoms with van der Waals surface area (Å²) in [5.74, 6) is 1.32. The van der Waals surface area contributed by atoms with E-state index in [1.807, 2.05) is 0 Å². The van der Waals surface area contributed by atoms with Crippen molar-refractivity contribution in [3.63, 3.8) is 0 Å². The molecule has 1 aromatic rings. The van der Waals surface area contributed by atoms with Crippen molar-refractivity contribution in [3.05, 3.63) is 23.8 Å². The molecule has 1 fully saturated rings. The maximum absolute atomic E-state index is 12.1. The highest BCUT2D eigenvalue weighted by Gasteiger charge is 2.40. The SMILES string of the molecule is COc1ccc2c(c1)OC1(CCCCC1)NC2=O. The average Bonchev–Trinajstić information content (AvgIpc) is 2.38. The van der Waals surface area contributed by atoms with Crippen LogP contribution in [0.15, 0.2) is 18.2 Å². The summed E-state index contributed by atoms with van der Waals surface area (Å²) in [6.07, 6.45) is 5.18. The molecular weight excluding hydrogens is 230 g/mol. The molecule has 96 valence electrons. The van der Waals surface area contributed by atoms with Gasteiger partial charge in [0.05, 0.1) is 12.7 Å². The number of methoxy groups -OCH3 is 1. The summed E-state index contributed by atoms with van der Waals surface area (Å²) in [5.41, 5.74) is 0.0984. The van der Waals surface area contributed by atoms with E-state index in [1.54, 1.807) is 25.3 Å². The van der Waals surface area contributed by atoms with Gasteiger partial charge in [-0.05, 0) is 25.0 Å². The fourth-order valence-electron chi connectivity index (χ4n) is 2.76. The Morgan fingerprint density at radius 1 is 1.28 bits per heavy atom. The molecule has 0 unspecified atom stereocenters. The molecule has 2 aliphatic rings. The number of carbonyl (C=O) groups excluding carboxylic acids is 1. The Kier molecular flexibility index (Phi) is 2.65. The van der Waals surface area contributed by atoms with E-state index in [2.05, 4.69) is 5.32 Å². The second-order valence-electron chi connectivity index (χ2n) is 4.97. The van der Waals surface area contributed by atoms with E-state index in [1.165, 1.54) is 6.42 Å². The predicted molar refractivity (Wildman–Crippen MR) is 66.9 cm³/mol. The largest absolute Gasteiger partial charge is 0.497 e. The maximum atomic E-state index is 12.1. The van der Waals surface area contributed by atoms with Crippen molar-refractivity contribution in [1.82, 2.24) is 5.32 Å². The van der Waals surface area contributed by atoms with Crippen molar-refractivity contribution in [1.29, 1.82) is 0 Å². The highest BCUT2D eigenvalue weighted by atomic mass is 16.5. The van der Waals surface area contributed by atoms with Crippen LogP contribution < -0.4 is 14.8 Å². The van der Waals surface area contributed by atoms with Gasteiger partial charge in [0.2, 0.25) is 0 Å². The molecule has 0 bridgehead atoms. The first kappa shape index (κ1) is 11.4. The molecule has 0 aromatic heterocycles. The first-order chi connectivity index (χ1) is 8.72. The zero-order valence-corrected chi connectivity index (χ0v) is 10.5. The van der Waals surface area contributed by atoms with Crippen LogP contribution in [0.1, 0.15) is 42.5 Å². The Morgan fingerprint density at radius 3 is 2.78 bits per heavy atom. The molecule has 0 saturated heterocycles. The zero-order chi connectivity index (χ0) is 12.6. The van der Waals surface area contributed by atoms with Crippen molar-refractivity contribution < 1.29 is 14.3 Å². The average molecular weight is 247 g/mol. The van der Waals surface area contributed by atoms with Gasteiger partial charge in [0.1, 0.15) is 11.5 Å². The first-order valence-corrected chi connectivity index (χ1v) is 6.42. The van der Waals surface area contributed by atoms with Gasteiger partial charge in [-0.25, -0.2) is 0 Å². The number of ether oxygens (including phenoxy) is 2. The Balaban J connectivity index is 1.96. The lowest BCUT2D eigenvalue weighted by Gasteiger charge is -2.41. The summed E-state index contributed by atoms with van der Waals surface area (Å²) < 4.78 is 11.2. The molecule has 0 atom stereocenters. The quantitative estimate of drug-likeness (QED) is 0.829. The third-order valence-corrected chi connectivity index (χ3v) is 3.74. The predicted octanol–water partition coefficient (Wildman–Crippen LogP) is 2.48. The lowest BCUT2D eigenvalue weighted by Crippen LogP contribution is -2.56. The number of benzene rings is 1. The van der Waals surface area contributed by atoms with E-state index in [0.29, 0.717) is 11.3 Å². The van der Waals surface area contributed by atoms with E-state index in [4.69, 9.17) is 9.47 Å². The first-order valence-electron chi connectivity index (χ1n) is 6.42. The van der Waals surface area contributed by atoms with Gasteiger partial charge in [0.25, 0.3) is 5.91 Å². The van der Waals surface area contributed by atoms with Gasteiger partial charge in [0, 0.05) is 18.9 Å². The summed E-state index contributed by atoms with van der Waals surface area (Å²) in [7, 11) is 1.61. The van der Waals surface area contributed by atoms with Crippen LogP contribution in [0.3, 0.4) is 0 Å². The molecule has 1 N–H and O–H groups in total. The summed E-state index contributed by atoms with van der Waals surface area (Å²) in [5, 5.41) is 3.02. The van der Waals surface area contributed by atoms with Crippen LogP contribution in [0.25, 0.3) is 0 Å². The number of nitrogens with one attached hydrogen (secondary N) is 1. The fraction of sp³-hybridized carbons (Fsp3) is 0.500. The third-order valence-electron chi connectivity index (χ3n) is 3.74. The van der Waals surface area contributed by atoms with Gasteiger partial charge in [-0.15, -0.1) is 0 Å². The molecule has 1 saturated carbocycles. The Hall–Kier alpha value is -1.71.